The number of rotatable bonds is 5. The van der Waals surface area contributed by atoms with Crippen molar-refractivity contribution < 1.29 is 31.7 Å². The number of nitrogens with one attached hydrogen (secondary N) is 1. The minimum absolute atomic E-state index is 0.00614. The first kappa shape index (κ1) is 25.2. The first-order valence-corrected chi connectivity index (χ1v) is 10.8. The highest BCUT2D eigenvalue weighted by Gasteiger charge is 2.30. The number of halogens is 6. The molecule has 7 nitrogen and oxygen atoms in total. The fraction of sp³-hybridized carbons (Fsp3) is 0.174. The van der Waals surface area contributed by atoms with Gasteiger partial charge in [0, 0.05) is 49.2 Å². The van der Waals surface area contributed by atoms with Crippen LogP contribution in [0.5, 0.6) is 0 Å². The van der Waals surface area contributed by atoms with Crippen molar-refractivity contribution in [1.82, 2.24) is 0 Å². The van der Waals surface area contributed by atoms with Gasteiger partial charge in [0.25, 0.3) is 11.6 Å². The van der Waals surface area contributed by atoms with Crippen LogP contribution in [0.3, 0.4) is 0 Å². The molecule has 0 spiro atoms. The summed E-state index contributed by atoms with van der Waals surface area (Å²) in [7, 11) is 0. The van der Waals surface area contributed by atoms with Crippen LogP contribution in [0.15, 0.2) is 42.5 Å². The van der Waals surface area contributed by atoms with E-state index in [1.54, 1.807) is 24.3 Å². The Balaban J connectivity index is 1.41. The molecule has 188 valence electrons. The highest BCUT2D eigenvalue weighted by Crippen LogP contribution is 2.32. The van der Waals surface area contributed by atoms with Crippen molar-refractivity contribution in [2.45, 2.75) is 0 Å². The first-order chi connectivity index (χ1) is 17.1. The van der Waals surface area contributed by atoms with E-state index in [9.17, 15) is 36.9 Å². The van der Waals surface area contributed by atoms with Crippen molar-refractivity contribution in [3.8, 4) is 0 Å². The van der Waals surface area contributed by atoms with Gasteiger partial charge in [0.05, 0.1) is 4.92 Å². The third-order valence-corrected chi connectivity index (χ3v) is 6.00. The molecule has 1 saturated heterocycles. The van der Waals surface area contributed by atoms with Crippen LogP contribution in [0.1, 0.15) is 10.4 Å². The SMILES string of the molecule is O=C(Nc1ccc(N2CCN(c3c(F)c(F)c(F)c(F)c3F)CC2)cc1)c1ccc(Cl)c([N+](=O)[O-])c1. The minimum Gasteiger partial charge on any atom is -0.368 e. The summed E-state index contributed by atoms with van der Waals surface area (Å²) in [5.74, 6) is -10.5. The molecule has 0 atom stereocenters. The van der Waals surface area contributed by atoms with E-state index in [0.717, 1.165) is 11.0 Å². The predicted molar refractivity (Wildman–Crippen MR) is 123 cm³/mol. The van der Waals surface area contributed by atoms with Gasteiger partial charge in [-0.2, -0.15) is 0 Å². The smallest absolute Gasteiger partial charge is 0.288 e. The molecule has 0 radical (unpaired) electrons. The van der Waals surface area contributed by atoms with Gasteiger partial charge in [0.15, 0.2) is 23.3 Å². The number of anilines is 3. The summed E-state index contributed by atoms with van der Waals surface area (Å²) in [5.41, 5.74) is -0.204. The Bertz CT molecular complexity index is 1320. The summed E-state index contributed by atoms with van der Waals surface area (Å²) < 4.78 is 68.6. The molecule has 1 fully saturated rings. The lowest BCUT2D eigenvalue weighted by Gasteiger charge is -2.37. The maximum absolute atomic E-state index is 14.1. The molecule has 0 aliphatic carbocycles. The summed E-state index contributed by atoms with van der Waals surface area (Å²) in [5, 5.41) is 13.5. The fourth-order valence-corrected chi connectivity index (χ4v) is 4.00. The summed E-state index contributed by atoms with van der Waals surface area (Å²) in [6.45, 7) is 0.484. The molecule has 13 heteroatoms. The van der Waals surface area contributed by atoms with Gasteiger partial charge in [-0.05, 0) is 36.4 Å². The van der Waals surface area contributed by atoms with E-state index < -0.39 is 51.3 Å². The van der Waals surface area contributed by atoms with Crippen LogP contribution in [0.2, 0.25) is 5.02 Å². The van der Waals surface area contributed by atoms with Gasteiger partial charge in [-0.3, -0.25) is 14.9 Å². The van der Waals surface area contributed by atoms with Crippen LogP contribution in [-0.2, 0) is 0 Å². The molecule has 1 aliphatic rings. The van der Waals surface area contributed by atoms with Crippen molar-refractivity contribution in [2.24, 2.45) is 0 Å². The zero-order valence-electron chi connectivity index (χ0n) is 18.2. The lowest BCUT2D eigenvalue weighted by atomic mass is 10.1. The molecule has 36 heavy (non-hydrogen) atoms. The van der Waals surface area contributed by atoms with E-state index in [2.05, 4.69) is 5.32 Å². The van der Waals surface area contributed by atoms with Crippen molar-refractivity contribution in [1.29, 1.82) is 0 Å². The zero-order valence-corrected chi connectivity index (χ0v) is 19.0. The summed E-state index contributed by atoms with van der Waals surface area (Å²) >= 11 is 5.76. The number of carbonyl (C=O) groups is 1. The summed E-state index contributed by atoms with van der Waals surface area (Å²) in [6.07, 6.45) is 0. The minimum atomic E-state index is -2.20. The lowest BCUT2D eigenvalue weighted by Crippen LogP contribution is -2.47. The van der Waals surface area contributed by atoms with Crippen molar-refractivity contribution in [3.05, 3.63) is 92.3 Å². The normalized spacial score (nSPS) is 13.6. The molecule has 1 amide bonds. The van der Waals surface area contributed by atoms with Crippen molar-refractivity contribution in [2.75, 3.05) is 41.3 Å². The molecule has 0 bridgehead atoms. The lowest BCUT2D eigenvalue weighted by molar-refractivity contribution is -0.384. The van der Waals surface area contributed by atoms with Gasteiger partial charge in [-0.15, -0.1) is 0 Å². The van der Waals surface area contributed by atoms with Crippen molar-refractivity contribution in [3.63, 3.8) is 0 Å². The Hall–Kier alpha value is -3.93. The van der Waals surface area contributed by atoms with Crippen LogP contribution in [-0.4, -0.2) is 37.0 Å². The maximum Gasteiger partial charge on any atom is 0.288 e. The summed E-state index contributed by atoms with van der Waals surface area (Å²) in [6, 6.07) is 10.2. The third-order valence-electron chi connectivity index (χ3n) is 5.68. The number of carbonyl (C=O) groups excluding carboxylic acids is 1. The Morgan fingerprint density at radius 3 is 1.92 bits per heavy atom. The topological polar surface area (TPSA) is 78.7 Å². The number of hydrogen-bond donors (Lipinski definition) is 1. The van der Waals surface area contributed by atoms with Crippen molar-refractivity contribution >= 4 is 40.3 Å². The predicted octanol–water partition coefficient (Wildman–Crippen LogP) is 5.52. The number of nitro groups is 1. The second-order valence-electron chi connectivity index (χ2n) is 7.82. The Labute approximate surface area is 205 Å². The van der Waals surface area contributed by atoms with Crippen LogP contribution < -0.4 is 15.1 Å². The average molecular weight is 527 g/mol. The van der Waals surface area contributed by atoms with E-state index in [1.165, 1.54) is 12.1 Å². The van der Waals surface area contributed by atoms with Crippen LogP contribution in [0.4, 0.5) is 44.7 Å². The van der Waals surface area contributed by atoms with Gasteiger partial charge in [0.2, 0.25) is 5.82 Å². The molecule has 0 saturated carbocycles. The quantitative estimate of drug-likeness (QED) is 0.156. The highest BCUT2D eigenvalue weighted by molar-refractivity contribution is 6.32. The standard InChI is InChI=1S/C23H16ClF5N4O3/c24-15-6-1-12(11-16(15)33(35)36)23(34)30-13-2-4-14(5-3-13)31-7-9-32(10-8-31)22-20(28)18(26)17(25)19(27)21(22)29/h1-6,11H,7-10H2,(H,30,34). The second kappa shape index (κ2) is 9.97. The van der Waals surface area contributed by atoms with E-state index in [4.69, 9.17) is 11.6 Å². The number of nitrogens with zero attached hydrogens (tertiary/aromatic N) is 3. The molecule has 1 N–H and O–H groups in total. The molecule has 1 heterocycles. The van der Waals surface area contributed by atoms with Crippen LogP contribution >= 0.6 is 11.6 Å². The summed E-state index contributed by atoms with van der Waals surface area (Å²) in [4.78, 5) is 25.7. The molecule has 1 aliphatic heterocycles. The monoisotopic (exact) mass is 526 g/mol. The van der Waals surface area contributed by atoms with Crippen LogP contribution in [0, 0.1) is 39.2 Å². The number of amides is 1. The molecular formula is C23H16ClF5N4O3. The number of nitro benzene ring substituents is 1. The number of benzene rings is 3. The maximum atomic E-state index is 14.1. The van der Waals surface area contributed by atoms with Gasteiger partial charge in [-0.1, -0.05) is 11.6 Å². The van der Waals surface area contributed by atoms with Crippen LogP contribution in [0.25, 0.3) is 0 Å². The number of piperazine rings is 1. The number of hydrogen-bond acceptors (Lipinski definition) is 5. The van der Waals surface area contributed by atoms with Gasteiger partial charge < -0.3 is 15.1 Å². The van der Waals surface area contributed by atoms with E-state index >= 15 is 0 Å². The molecule has 3 aromatic rings. The molecule has 4 rings (SSSR count). The van der Waals surface area contributed by atoms with Gasteiger partial charge in [-0.25, -0.2) is 22.0 Å². The van der Waals surface area contributed by atoms with E-state index in [1.807, 2.05) is 4.90 Å². The molecule has 0 aromatic heterocycles. The van der Waals surface area contributed by atoms with Gasteiger partial charge >= 0.3 is 0 Å². The zero-order chi connectivity index (χ0) is 26.1. The average Bonchev–Trinajstić information content (AvgIpc) is 2.87. The van der Waals surface area contributed by atoms with E-state index in [-0.39, 0.29) is 36.8 Å². The second-order valence-corrected chi connectivity index (χ2v) is 8.22. The first-order valence-electron chi connectivity index (χ1n) is 10.4. The fourth-order valence-electron chi connectivity index (χ4n) is 3.81. The Morgan fingerprint density at radius 1 is 0.833 bits per heavy atom. The molecule has 3 aromatic carbocycles. The highest BCUT2D eigenvalue weighted by atomic mass is 35.5. The third kappa shape index (κ3) is 4.76. The Kier molecular flexibility index (Phi) is 6.97. The van der Waals surface area contributed by atoms with E-state index in [0.29, 0.717) is 11.4 Å². The Morgan fingerprint density at radius 2 is 1.36 bits per heavy atom. The van der Waals surface area contributed by atoms with Gasteiger partial charge in [0.1, 0.15) is 10.7 Å². The molecular weight excluding hydrogens is 511 g/mol. The molecule has 0 unspecified atom stereocenters. The largest absolute Gasteiger partial charge is 0.368 e.